The number of esters is 1. The third kappa shape index (κ3) is 3.94. The first kappa shape index (κ1) is 14.9. The van der Waals surface area contributed by atoms with Crippen LogP contribution in [-0.4, -0.2) is 24.1 Å². The molecule has 19 heavy (non-hydrogen) atoms. The Hall–Kier alpha value is -2.11. The van der Waals surface area contributed by atoms with E-state index >= 15 is 0 Å². The first-order chi connectivity index (χ1) is 9.11. The highest BCUT2D eigenvalue weighted by molar-refractivity contribution is 5.94. The molecule has 0 atom stereocenters. The van der Waals surface area contributed by atoms with E-state index in [9.17, 15) is 14.9 Å². The lowest BCUT2D eigenvalue weighted by atomic mass is 10.1. The fourth-order valence-corrected chi connectivity index (χ4v) is 1.51. The maximum atomic E-state index is 11.9. The number of unbranched alkanes of at least 4 members (excludes halogenated alkanes) is 1. The van der Waals surface area contributed by atoms with Crippen molar-refractivity contribution in [2.45, 2.75) is 26.7 Å². The van der Waals surface area contributed by atoms with Gasteiger partial charge in [-0.15, -0.1) is 0 Å². The van der Waals surface area contributed by atoms with E-state index in [0.29, 0.717) is 6.61 Å². The molecule has 0 radical (unpaired) electrons. The predicted molar refractivity (Wildman–Crippen MR) is 69.5 cm³/mol. The summed E-state index contributed by atoms with van der Waals surface area (Å²) in [5, 5.41) is 10.9. The number of nitro benzene ring substituents is 1. The van der Waals surface area contributed by atoms with Crippen LogP contribution in [0.3, 0.4) is 0 Å². The van der Waals surface area contributed by atoms with Crippen LogP contribution in [-0.2, 0) is 4.74 Å². The van der Waals surface area contributed by atoms with E-state index in [1.165, 1.54) is 18.2 Å². The summed E-state index contributed by atoms with van der Waals surface area (Å²) in [5.41, 5.74) is -0.140. The summed E-state index contributed by atoms with van der Waals surface area (Å²) >= 11 is 0. The van der Waals surface area contributed by atoms with Crippen molar-refractivity contribution < 1.29 is 19.2 Å². The number of nitrogens with zero attached hydrogens (tertiary/aromatic N) is 1. The quantitative estimate of drug-likeness (QED) is 0.328. The number of carbonyl (C=O) groups is 1. The van der Waals surface area contributed by atoms with Gasteiger partial charge in [0.05, 0.1) is 18.1 Å². The fourth-order valence-electron chi connectivity index (χ4n) is 1.51. The van der Waals surface area contributed by atoms with E-state index in [2.05, 4.69) is 0 Å². The van der Waals surface area contributed by atoms with Crippen molar-refractivity contribution in [2.24, 2.45) is 0 Å². The molecule has 1 aromatic rings. The van der Waals surface area contributed by atoms with Crippen molar-refractivity contribution in [1.82, 2.24) is 0 Å². The van der Waals surface area contributed by atoms with Gasteiger partial charge in [0.15, 0.2) is 0 Å². The van der Waals surface area contributed by atoms with Crippen LogP contribution in [0.15, 0.2) is 18.2 Å². The van der Waals surface area contributed by atoms with Gasteiger partial charge in [-0.2, -0.15) is 0 Å². The number of carbonyl (C=O) groups excluding carboxylic acids is 1. The van der Waals surface area contributed by atoms with Crippen LogP contribution >= 0.6 is 0 Å². The molecule has 0 saturated carbocycles. The van der Waals surface area contributed by atoms with Gasteiger partial charge in [0.2, 0.25) is 5.75 Å². The molecule has 0 aliphatic heterocycles. The minimum Gasteiger partial charge on any atom is -0.487 e. The van der Waals surface area contributed by atoms with Gasteiger partial charge in [0.25, 0.3) is 0 Å². The summed E-state index contributed by atoms with van der Waals surface area (Å²) in [6, 6.07) is 4.21. The first-order valence-corrected chi connectivity index (χ1v) is 6.19. The van der Waals surface area contributed by atoms with Crippen LogP contribution in [0.1, 0.15) is 37.0 Å². The number of hydrogen-bond donors (Lipinski definition) is 0. The van der Waals surface area contributed by atoms with Crippen molar-refractivity contribution in [3.05, 3.63) is 33.9 Å². The highest BCUT2D eigenvalue weighted by Crippen LogP contribution is 2.31. The van der Waals surface area contributed by atoms with Gasteiger partial charge in [0.1, 0.15) is 5.56 Å². The third-order valence-electron chi connectivity index (χ3n) is 2.43. The molecule has 0 heterocycles. The van der Waals surface area contributed by atoms with Crippen molar-refractivity contribution in [2.75, 3.05) is 13.2 Å². The number of ether oxygens (including phenoxy) is 2. The molecule has 0 aliphatic carbocycles. The zero-order chi connectivity index (χ0) is 14.3. The van der Waals surface area contributed by atoms with E-state index < -0.39 is 10.9 Å². The van der Waals surface area contributed by atoms with Gasteiger partial charge in [-0.05, 0) is 19.4 Å². The van der Waals surface area contributed by atoms with Gasteiger partial charge in [0, 0.05) is 6.07 Å². The van der Waals surface area contributed by atoms with Gasteiger partial charge < -0.3 is 9.47 Å². The van der Waals surface area contributed by atoms with E-state index in [1.54, 1.807) is 6.92 Å². The highest BCUT2D eigenvalue weighted by Gasteiger charge is 2.23. The highest BCUT2D eigenvalue weighted by atomic mass is 16.6. The van der Waals surface area contributed by atoms with E-state index in [0.717, 1.165) is 12.8 Å². The van der Waals surface area contributed by atoms with Gasteiger partial charge >= 0.3 is 11.7 Å². The fraction of sp³-hybridized carbons (Fsp3) is 0.462. The molecule has 0 amide bonds. The Kier molecular flexibility index (Phi) is 5.78. The number of hydrogen-bond acceptors (Lipinski definition) is 5. The van der Waals surface area contributed by atoms with E-state index in [4.69, 9.17) is 9.47 Å². The summed E-state index contributed by atoms with van der Waals surface area (Å²) in [4.78, 5) is 22.2. The molecule has 0 fully saturated rings. The molecule has 0 aromatic heterocycles. The van der Waals surface area contributed by atoms with E-state index in [1.807, 2.05) is 6.92 Å². The first-order valence-electron chi connectivity index (χ1n) is 6.19. The second-order valence-electron chi connectivity index (χ2n) is 3.83. The van der Waals surface area contributed by atoms with Crippen LogP contribution in [0.2, 0.25) is 0 Å². The van der Waals surface area contributed by atoms with Crippen molar-refractivity contribution in [3.63, 3.8) is 0 Å². The average molecular weight is 267 g/mol. The van der Waals surface area contributed by atoms with Crippen LogP contribution in [0, 0.1) is 10.1 Å². The molecule has 0 aliphatic rings. The number of benzene rings is 1. The maximum absolute atomic E-state index is 11.9. The van der Waals surface area contributed by atoms with E-state index in [-0.39, 0.29) is 23.6 Å². The number of para-hydroxylation sites is 1. The molecule has 0 N–H and O–H groups in total. The van der Waals surface area contributed by atoms with Crippen LogP contribution in [0.5, 0.6) is 5.75 Å². The van der Waals surface area contributed by atoms with Crippen LogP contribution in [0.25, 0.3) is 0 Å². The summed E-state index contributed by atoms with van der Waals surface area (Å²) in [6.07, 6.45) is 1.66. The number of nitro groups is 1. The van der Waals surface area contributed by atoms with Crippen LogP contribution < -0.4 is 4.74 Å². The Morgan fingerprint density at radius 2 is 2.11 bits per heavy atom. The molecule has 6 heteroatoms. The molecule has 104 valence electrons. The molecule has 0 unspecified atom stereocenters. The minimum absolute atomic E-state index is 0.0310. The summed E-state index contributed by atoms with van der Waals surface area (Å²) in [5.74, 6) is -0.628. The molecule has 0 spiro atoms. The van der Waals surface area contributed by atoms with Gasteiger partial charge in [-0.25, -0.2) is 4.79 Å². The molecule has 1 aromatic carbocycles. The lowest BCUT2D eigenvalue weighted by molar-refractivity contribution is -0.385. The summed E-state index contributed by atoms with van der Waals surface area (Å²) < 4.78 is 10.3. The number of rotatable bonds is 7. The second kappa shape index (κ2) is 7.35. The molecule has 6 nitrogen and oxygen atoms in total. The van der Waals surface area contributed by atoms with Crippen molar-refractivity contribution in [1.29, 1.82) is 0 Å². The standard InChI is InChI=1S/C13H17NO5/c1-3-5-9-19-13(15)10-7-6-8-11(14(16)17)12(10)18-4-2/h6-8H,3-5,9H2,1-2H3. The average Bonchev–Trinajstić information content (AvgIpc) is 2.39. The molecular formula is C13H17NO5. The van der Waals surface area contributed by atoms with Crippen LogP contribution in [0.4, 0.5) is 5.69 Å². The molecule has 1 rings (SSSR count). The molecule has 0 saturated heterocycles. The molecular weight excluding hydrogens is 250 g/mol. The second-order valence-corrected chi connectivity index (χ2v) is 3.83. The molecule has 0 bridgehead atoms. The SMILES string of the molecule is CCCCOC(=O)c1cccc([N+](=O)[O-])c1OCC. The van der Waals surface area contributed by atoms with Crippen molar-refractivity contribution >= 4 is 11.7 Å². The zero-order valence-corrected chi connectivity index (χ0v) is 11.0. The normalized spacial score (nSPS) is 10.0. The monoisotopic (exact) mass is 267 g/mol. The topological polar surface area (TPSA) is 78.7 Å². The maximum Gasteiger partial charge on any atom is 0.342 e. The van der Waals surface area contributed by atoms with Gasteiger partial charge in [-0.3, -0.25) is 10.1 Å². The Bertz CT molecular complexity index is 458. The smallest absolute Gasteiger partial charge is 0.342 e. The lowest BCUT2D eigenvalue weighted by Gasteiger charge is -2.10. The van der Waals surface area contributed by atoms with Crippen molar-refractivity contribution in [3.8, 4) is 5.75 Å². The summed E-state index contributed by atoms with van der Waals surface area (Å²) in [6.45, 7) is 4.21. The predicted octanol–water partition coefficient (Wildman–Crippen LogP) is 2.95. The summed E-state index contributed by atoms with van der Waals surface area (Å²) in [7, 11) is 0. The minimum atomic E-state index is -0.597. The Morgan fingerprint density at radius 1 is 1.37 bits per heavy atom. The Labute approximate surface area is 111 Å². The zero-order valence-electron chi connectivity index (χ0n) is 11.0. The Morgan fingerprint density at radius 3 is 2.68 bits per heavy atom. The third-order valence-corrected chi connectivity index (χ3v) is 2.43. The largest absolute Gasteiger partial charge is 0.487 e. The Balaban J connectivity index is 3.01. The van der Waals surface area contributed by atoms with Gasteiger partial charge in [-0.1, -0.05) is 19.4 Å². The lowest BCUT2D eigenvalue weighted by Crippen LogP contribution is -2.10.